The molecule has 0 aromatic heterocycles. The highest BCUT2D eigenvalue weighted by Crippen LogP contribution is 2.22. The van der Waals surface area contributed by atoms with E-state index in [-0.39, 0.29) is 0 Å². The van der Waals surface area contributed by atoms with Crippen molar-refractivity contribution in [1.29, 1.82) is 0 Å². The van der Waals surface area contributed by atoms with Crippen molar-refractivity contribution in [3.8, 4) is 0 Å². The Balaban J connectivity index is 1.78. The van der Waals surface area contributed by atoms with Crippen LogP contribution in [0.3, 0.4) is 0 Å². The van der Waals surface area contributed by atoms with Gasteiger partial charge < -0.3 is 14.8 Å². The van der Waals surface area contributed by atoms with Gasteiger partial charge in [0.15, 0.2) is 0 Å². The molecule has 3 heteroatoms. The van der Waals surface area contributed by atoms with Gasteiger partial charge in [0.25, 0.3) is 0 Å². The van der Waals surface area contributed by atoms with Crippen molar-refractivity contribution in [1.82, 2.24) is 5.32 Å². The topological polar surface area (TPSA) is 30.5 Å². The fourth-order valence-electron chi connectivity index (χ4n) is 2.72. The van der Waals surface area contributed by atoms with Crippen molar-refractivity contribution in [3.05, 3.63) is 35.4 Å². The normalized spacial score (nSPS) is 26.6. The molecule has 2 rings (SSSR count). The van der Waals surface area contributed by atoms with Crippen LogP contribution in [0.5, 0.6) is 0 Å². The monoisotopic (exact) mass is 277 g/mol. The fourth-order valence-corrected chi connectivity index (χ4v) is 2.72. The Bertz CT molecular complexity index is 380. The molecule has 3 nitrogen and oxygen atoms in total. The minimum Gasteiger partial charge on any atom is -0.375 e. The van der Waals surface area contributed by atoms with E-state index in [1.807, 2.05) is 0 Å². The lowest BCUT2D eigenvalue weighted by Gasteiger charge is -2.32. The van der Waals surface area contributed by atoms with Gasteiger partial charge in [0.1, 0.15) is 0 Å². The summed E-state index contributed by atoms with van der Waals surface area (Å²) in [5, 5.41) is 3.33. The predicted octanol–water partition coefficient (Wildman–Crippen LogP) is 3.27. The van der Waals surface area contributed by atoms with E-state index in [1.165, 1.54) is 11.1 Å². The molecule has 112 valence electrons. The average Bonchev–Trinajstić information content (AvgIpc) is 2.43. The van der Waals surface area contributed by atoms with Gasteiger partial charge in [0.05, 0.1) is 24.9 Å². The van der Waals surface area contributed by atoms with Crippen LogP contribution in [0.2, 0.25) is 0 Å². The molecule has 0 amide bonds. The molecule has 0 saturated carbocycles. The molecule has 0 spiro atoms. The van der Waals surface area contributed by atoms with E-state index in [4.69, 9.17) is 9.47 Å². The van der Waals surface area contributed by atoms with E-state index in [9.17, 15) is 0 Å². The van der Waals surface area contributed by atoms with Gasteiger partial charge in [-0.1, -0.05) is 31.2 Å². The number of hydrogen-bond acceptors (Lipinski definition) is 3. The van der Waals surface area contributed by atoms with Crippen molar-refractivity contribution in [2.75, 3.05) is 6.54 Å². The van der Waals surface area contributed by atoms with Crippen molar-refractivity contribution < 1.29 is 9.47 Å². The lowest BCUT2D eigenvalue weighted by atomic mass is 10.0. The van der Waals surface area contributed by atoms with E-state index in [0.717, 1.165) is 25.9 Å². The molecule has 2 atom stereocenters. The third kappa shape index (κ3) is 4.89. The zero-order valence-electron chi connectivity index (χ0n) is 12.9. The third-order valence-corrected chi connectivity index (χ3v) is 3.74. The van der Waals surface area contributed by atoms with Crippen LogP contribution in [-0.4, -0.2) is 24.9 Å². The molecule has 2 unspecified atom stereocenters. The van der Waals surface area contributed by atoms with Gasteiger partial charge >= 0.3 is 0 Å². The van der Waals surface area contributed by atoms with Gasteiger partial charge in [0.2, 0.25) is 0 Å². The first-order valence-electron chi connectivity index (χ1n) is 7.73. The first-order valence-corrected chi connectivity index (χ1v) is 7.73. The highest BCUT2D eigenvalue weighted by atomic mass is 16.5. The molecule has 1 aromatic carbocycles. The number of nitrogens with one attached hydrogen (secondary N) is 1. The van der Waals surface area contributed by atoms with Crippen molar-refractivity contribution >= 4 is 0 Å². The van der Waals surface area contributed by atoms with E-state index < -0.39 is 0 Å². The molecule has 1 aromatic rings. The Hall–Kier alpha value is -0.900. The molecule has 1 N–H and O–H groups in total. The van der Waals surface area contributed by atoms with Gasteiger partial charge in [-0.05, 0) is 44.4 Å². The molecular weight excluding hydrogens is 250 g/mol. The van der Waals surface area contributed by atoms with Crippen LogP contribution in [0.15, 0.2) is 24.3 Å². The predicted molar refractivity (Wildman–Crippen MR) is 81.6 cm³/mol. The summed E-state index contributed by atoms with van der Waals surface area (Å²) in [7, 11) is 0. The SMILES string of the molecule is CCNCc1ccc(COC2CC(C)OC(C)C2)cc1. The Morgan fingerprint density at radius 2 is 1.70 bits per heavy atom. The summed E-state index contributed by atoms with van der Waals surface area (Å²) in [4.78, 5) is 0. The Labute approximate surface area is 122 Å². The van der Waals surface area contributed by atoms with Crippen molar-refractivity contribution in [2.24, 2.45) is 0 Å². The molecule has 20 heavy (non-hydrogen) atoms. The minimum absolute atomic E-state index is 0.311. The van der Waals surface area contributed by atoms with E-state index >= 15 is 0 Å². The molecule has 0 aliphatic carbocycles. The summed E-state index contributed by atoms with van der Waals surface area (Å²) >= 11 is 0. The minimum atomic E-state index is 0.311. The zero-order chi connectivity index (χ0) is 14.4. The lowest BCUT2D eigenvalue weighted by molar-refractivity contribution is -0.106. The summed E-state index contributed by atoms with van der Waals surface area (Å²) in [5.41, 5.74) is 2.57. The molecule has 1 aliphatic heterocycles. The maximum atomic E-state index is 6.04. The van der Waals surface area contributed by atoms with Crippen LogP contribution in [0.25, 0.3) is 0 Å². The van der Waals surface area contributed by atoms with Gasteiger partial charge in [-0.2, -0.15) is 0 Å². The molecule has 1 heterocycles. The van der Waals surface area contributed by atoms with Crippen LogP contribution in [0.1, 0.15) is 44.7 Å². The summed E-state index contributed by atoms with van der Waals surface area (Å²) in [6.07, 6.45) is 2.96. The lowest BCUT2D eigenvalue weighted by Crippen LogP contribution is -2.33. The summed E-state index contributed by atoms with van der Waals surface area (Å²) < 4.78 is 11.8. The third-order valence-electron chi connectivity index (χ3n) is 3.74. The Kier molecular flexibility index (Phi) is 6.02. The maximum absolute atomic E-state index is 6.04. The van der Waals surface area contributed by atoms with Crippen LogP contribution in [0, 0.1) is 0 Å². The number of rotatable bonds is 6. The molecule has 1 aliphatic rings. The largest absolute Gasteiger partial charge is 0.375 e. The van der Waals surface area contributed by atoms with E-state index in [0.29, 0.717) is 24.9 Å². The number of benzene rings is 1. The second-order valence-electron chi connectivity index (χ2n) is 5.76. The number of ether oxygens (including phenoxy) is 2. The number of hydrogen-bond donors (Lipinski definition) is 1. The van der Waals surface area contributed by atoms with Crippen molar-refractivity contribution in [2.45, 2.75) is 65.1 Å². The molecule has 0 bridgehead atoms. The maximum Gasteiger partial charge on any atom is 0.0720 e. The smallest absolute Gasteiger partial charge is 0.0720 e. The van der Waals surface area contributed by atoms with Crippen LogP contribution in [-0.2, 0) is 22.6 Å². The standard InChI is InChI=1S/C17H27NO2/c1-4-18-11-15-5-7-16(8-6-15)12-19-17-9-13(2)20-14(3)10-17/h5-8,13-14,17-18H,4,9-12H2,1-3H3. The zero-order valence-corrected chi connectivity index (χ0v) is 12.9. The molecule has 1 fully saturated rings. The summed E-state index contributed by atoms with van der Waals surface area (Å²) in [5.74, 6) is 0. The van der Waals surface area contributed by atoms with Crippen LogP contribution < -0.4 is 5.32 Å². The first-order chi connectivity index (χ1) is 9.67. The molecular formula is C17H27NO2. The summed E-state index contributed by atoms with van der Waals surface area (Å²) in [6, 6.07) is 8.69. The quantitative estimate of drug-likeness (QED) is 0.865. The summed E-state index contributed by atoms with van der Waals surface area (Å²) in [6.45, 7) is 9.02. The Morgan fingerprint density at radius 3 is 2.30 bits per heavy atom. The van der Waals surface area contributed by atoms with Crippen LogP contribution >= 0.6 is 0 Å². The first kappa shape index (κ1) is 15.5. The highest BCUT2D eigenvalue weighted by Gasteiger charge is 2.24. The van der Waals surface area contributed by atoms with E-state index in [1.54, 1.807) is 0 Å². The van der Waals surface area contributed by atoms with Crippen molar-refractivity contribution in [3.63, 3.8) is 0 Å². The fraction of sp³-hybridized carbons (Fsp3) is 0.647. The highest BCUT2D eigenvalue weighted by molar-refractivity contribution is 5.21. The van der Waals surface area contributed by atoms with Gasteiger partial charge in [-0.15, -0.1) is 0 Å². The van der Waals surface area contributed by atoms with Gasteiger partial charge in [-0.25, -0.2) is 0 Å². The van der Waals surface area contributed by atoms with E-state index in [2.05, 4.69) is 50.4 Å². The second-order valence-corrected chi connectivity index (χ2v) is 5.76. The molecule has 0 radical (unpaired) electrons. The molecule has 1 saturated heterocycles. The Morgan fingerprint density at radius 1 is 1.10 bits per heavy atom. The van der Waals surface area contributed by atoms with Gasteiger partial charge in [-0.3, -0.25) is 0 Å². The van der Waals surface area contributed by atoms with Crippen LogP contribution in [0.4, 0.5) is 0 Å². The second kappa shape index (κ2) is 7.77. The average molecular weight is 277 g/mol. The van der Waals surface area contributed by atoms with Gasteiger partial charge in [0, 0.05) is 6.54 Å².